The van der Waals surface area contributed by atoms with Gasteiger partial charge in [-0.1, -0.05) is 152 Å². The third-order valence-electron chi connectivity index (χ3n) is 8.86. The van der Waals surface area contributed by atoms with Crippen molar-refractivity contribution < 1.29 is 42.1 Å². The molecule has 0 radical (unpaired) electrons. The molecular formula is C44H81NO8P+. The third kappa shape index (κ3) is 39.7. The maximum absolute atomic E-state index is 12.6. The average Bonchev–Trinajstić information content (AvgIpc) is 3.12. The van der Waals surface area contributed by atoms with E-state index in [1.165, 1.54) is 89.9 Å². The Kier molecular flexibility index (Phi) is 35.2. The second-order valence-electron chi connectivity index (χ2n) is 15.4. The van der Waals surface area contributed by atoms with Crippen LogP contribution in [0.5, 0.6) is 0 Å². The summed E-state index contributed by atoms with van der Waals surface area (Å²) in [5.74, 6) is -0.864. The van der Waals surface area contributed by atoms with Gasteiger partial charge in [0.1, 0.15) is 19.8 Å². The Balaban J connectivity index is 4.49. The summed E-state index contributed by atoms with van der Waals surface area (Å²) >= 11 is 0. The monoisotopic (exact) mass is 785 g/mol. The van der Waals surface area contributed by atoms with E-state index >= 15 is 0 Å². The highest BCUT2D eigenvalue weighted by molar-refractivity contribution is 7.47. The van der Waals surface area contributed by atoms with Crippen LogP contribution in [0.1, 0.15) is 168 Å². The van der Waals surface area contributed by atoms with E-state index in [0.29, 0.717) is 23.9 Å². The van der Waals surface area contributed by atoms with Gasteiger partial charge in [-0.3, -0.25) is 18.6 Å². The molecule has 0 bridgehead atoms. The van der Waals surface area contributed by atoms with Gasteiger partial charge in [0, 0.05) is 12.8 Å². The van der Waals surface area contributed by atoms with E-state index in [9.17, 15) is 19.0 Å². The first-order valence-electron chi connectivity index (χ1n) is 21.4. The van der Waals surface area contributed by atoms with Crippen molar-refractivity contribution in [2.75, 3.05) is 47.5 Å². The van der Waals surface area contributed by atoms with Gasteiger partial charge in [0.15, 0.2) is 6.10 Å². The smallest absolute Gasteiger partial charge is 0.462 e. The molecule has 0 aliphatic carbocycles. The van der Waals surface area contributed by atoms with Crippen LogP contribution in [-0.2, 0) is 32.7 Å². The van der Waals surface area contributed by atoms with E-state index in [1.807, 2.05) is 27.2 Å². The SMILES string of the molecule is CCCCC/C=C\C/C=C\C/C=C\C/C=C\CC[14CH2]C(=O)OC(COC(=O)CCCCCCCCCCCCCCC)COP(=O)(O)OCC[N+](C)(C)C. The highest BCUT2D eigenvalue weighted by Gasteiger charge is 2.27. The van der Waals surface area contributed by atoms with E-state index in [1.54, 1.807) is 0 Å². The molecule has 2 unspecified atom stereocenters. The number of quaternary nitrogens is 1. The number of ether oxygens (including phenoxy) is 2. The minimum atomic E-state index is -4.39. The normalized spacial score (nSPS) is 14.1. The van der Waals surface area contributed by atoms with Crippen molar-refractivity contribution in [3.05, 3.63) is 48.6 Å². The van der Waals surface area contributed by atoms with Crippen LogP contribution in [0.15, 0.2) is 48.6 Å². The first-order chi connectivity index (χ1) is 26.0. The van der Waals surface area contributed by atoms with Crippen LogP contribution in [0.2, 0.25) is 0 Å². The first-order valence-corrected chi connectivity index (χ1v) is 22.9. The molecule has 54 heavy (non-hydrogen) atoms. The minimum absolute atomic E-state index is 0.0212. The fourth-order valence-corrected chi connectivity index (χ4v) is 6.22. The summed E-state index contributed by atoms with van der Waals surface area (Å²) in [5.41, 5.74) is 0. The first kappa shape index (κ1) is 52.0. The molecule has 0 amide bonds. The zero-order valence-electron chi connectivity index (χ0n) is 35.2. The molecule has 0 saturated carbocycles. The van der Waals surface area contributed by atoms with E-state index in [2.05, 4.69) is 56.4 Å². The fraction of sp³-hybridized carbons (Fsp3) is 0.773. The number of hydrogen-bond donors (Lipinski definition) is 1. The number of hydrogen-bond acceptors (Lipinski definition) is 7. The topological polar surface area (TPSA) is 108 Å². The molecule has 9 nitrogen and oxygen atoms in total. The Morgan fingerprint density at radius 3 is 1.67 bits per heavy atom. The molecule has 0 aromatic heterocycles. The number of rotatable bonds is 38. The molecule has 0 spiro atoms. The molecule has 314 valence electrons. The van der Waals surface area contributed by atoms with Crippen LogP contribution in [0, 0.1) is 0 Å². The van der Waals surface area contributed by atoms with Crippen LogP contribution in [0.4, 0.5) is 0 Å². The van der Waals surface area contributed by atoms with Crippen molar-refractivity contribution in [3.63, 3.8) is 0 Å². The lowest BCUT2D eigenvalue weighted by Crippen LogP contribution is -2.37. The van der Waals surface area contributed by atoms with Gasteiger partial charge in [-0.15, -0.1) is 0 Å². The van der Waals surface area contributed by atoms with Gasteiger partial charge in [-0.05, 0) is 51.4 Å². The van der Waals surface area contributed by atoms with Crippen molar-refractivity contribution in [2.24, 2.45) is 0 Å². The number of unbranched alkanes of at least 4 members (excludes halogenated alkanes) is 16. The molecule has 0 aliphatic rings. The van der Waals surface area contributed by atoms with E-state index in [0.717, 1.165) is 38.5 Å². The van der Waals surface area contributed by atoms with Crippen LogP contribution >= 0.6 is 7.82 Å². The number of nitrogens with zero attached hydrogens (tertiary/aromatic N) is 1. The van der Waals surface area contributed by atoms with E-state index in [-0.39, 0.29) is 32.0 Å². The lowest BCUT2D eigenvalue weighted by molar-refractivity contribution is -0.870. The fourth-order valence-electron chi connectivity index (χ4n) is 5.48. The Bertz CT molecular complexity index is 1070. The van der Waals surface area contributed by atoms with Gasteiger partial charge < -0.3 is 18.9 Å². The summed E-state index contributed by atoms with van der Waals surface area (Å²) in [6.07, 6.45) is 41.6. The molecule has 0 aromatic rings. The van der Waals surface area contributed by atoms with Gasteiger partial charge in [0.05, 0.1) is 27.7 Å². The van der Waals surface area contributed by atoms with Crippen LogP contribution in [0.25, 0.3) is 0 Å². The van der Waals surface area contributed by atoms with Crippen molar-refractivity contribution in [2.45, 2.75) is 174 Å². The summed E-state index contributed by atoms with van der Waals surface area (Å²) < 4.78 is 34.2. The summed E-state index contributed by atoms with van der Waals surface area (Å²) in [5, 5.41) is 0. The molecule has 1 N–H and O–H groups in total. The number of phosphoric ester groups is 1. The van der Waals surface area contributed by atoms with Crippen molar-refractivity contribution in [3.8, 4) is 0 Å². The molecule has 0 aromatic carbocycles. The molecular weight excluding hydrogens is 703 g/mol. The van der Waals surface area contributed by atoms with Crippen LogP contribution in [0.3, 0.4) is 0 Å². The summed E-state index contributed by atoms with van der Waals surface area (Å²) in [6, 6.07) is 0. The molecule has 0 fully saturated rings. The van der Waals surface area contributed by atoms with Gasteiger partial charge >= 0.3 is 19.8 Å². The zero-order chi connectivity index (χ0) is 40.0. The third-order valence-corrected chi connectivity index (χ3v) is 9.85. The lowest BCUT2D eigenvalue weighted by atomic mass is 10.0. The summed E-state index contributed by atoms with van der Waals surface area (Å²) in [6.45, 7) is 4.32. The number of esters is 2. The highest BCUT2D eigenvalue weighted by Crippen LogP contribution is 2.43. The molecule has 0 saturated heterocycles. The van der Waals surface area contributed by atoms with Gasteiger partial charge in [0.25, 0.3) is 0 Å². The number of carbonyl (C=O) groups is 2. The van der Waals surface area contributed by atoms with Gasteiger partial charge in [0.2, 0.25) is 0 Å². The predicted molar refractivity (Wildman–Crippen MR) is 224 cm³/mol. The largest absolute Gasteiger partial charge is 0.472 e. The maximum Gasteiger partial charge on any atom is 0.472 e. The molecule has 0 rings (SSSR count). The molecule has 2 atom stereocenters. The lowest BCUT2D eigenvalue weighted by Gasteiger charge is -2.24. The second kappa shape index (κ2) is 36.6. The Morgan fingerprint density at radius 2 is 1.13 bits per heavy atom. The summed E-state index contributed by atoms with van der Waals surface area (Å²) in [7, 11) is 1.44. The predicted octanol–water partition coefficient (Wildman–Crippen LogP) is 11.9. The minimum Gasteiger partial charge on any atom is -0.462 e. The maximum atomic E-state index is 12.6. The highest BCUT2D eigenvalue weighted by atomic mass is 31.2. The molecule has 0 aliphatic heterocycles. The Labute approximate surface area is 331 Å². The number of carbonyl (C=O) groups excluding carboxylic acids is 2. The number of allylic oxidation sites excluding steroid dienone is 8. The van der Waals surface area contributed by atoms with Gasteiger partial charge in [-0.25, -0.2) is 4.57 Å². The van der Waals surface area contributed by atoms with Crippen molar-refractivity contribution in [1.29, 1.82) is 0 Å². The van der Waals surface area contributed by atoms with Gasteiger partial charge in [-0.2, -0.15) is 0 Å². The number of likely N-dealkylation sites (N-methyl/N-ethyl adjacent to an activating group) is 1. The number of phosphoric acid groups is 1. The standard InChI is InChI=1S/C44H80NO8P/c1-6-8-10-12-14-16-18-20-21-22-23-25-27-29-31-33-35-37-44(47)53-42(41-52-54(48,49)51-39-38-45(3,4)5)40-50-43(46)36-34-32-30-28-26-24-19-17-15-13-11-9-7-2/h14,16,20-21,23,25,29,31,42H,6-13,15,17-19,22,24,26-28,30,32-41H2,1-5H3/p+1/b16-14-,21-20-,25-23-,31-29-/i37+2. The zero-order valence-corrected chi connectivity index (χ0v) is 36.1. The summed E-state index contributed by atoms with van der Waals surface area (Å²) in [4.78, 5) is 35.3. The quantitative estimate of drug-likeness (QED) is 0.0217. The van der Waals surface area contributed by atoms with Crippen molar-refractivity contribution in [1.82, 2.24) is 0 Å². The van der Waals surface area contributed by atoms with Crippen molar-refractivity contribution >= 4 is 19.8 Å². The van der Waals surface area contributed by atoms with Crippen LogP contribution in [-0.4, -0.2) is 74.9 Å². The second-order valence-corrected chi connectivity index (χ2v) is 16.8. The van der Waals surface area contributed by atoms with E-state index < -0.39 is 26.5 Å². The van der Waals surface area contributed by atoms with Crippen LogP contribution < -0.4 is 0 Å². The molecule has 10 heteroatoms. The molecule has 0 heterocycles. The Hall–Kier alpha value is -2.03. The average molecular weight is 785 g/mol. The Morgan fingerprint density at radius 1 is 0.648 bits per heavy atom. The van der Waals surface area contributed by atoms with E-state index in [4.69, 9.17) is 18.5 Å².